The number of amides is 1. The smallest absolute Gasteiger partial charge is 0.271 e. The number of nitrogens with one attached hydrogen (secondary N) is 1. The van der Waals surface area contributed by atoms with E-state index in [2.05, 4.69) is 15.4 Å². The molecule has 3 aromatic heterocycles. The number of benzene rings is 1. The fourth-order valence-electron chi connectivity index (χ4n) is 2.96. The van der Waals surface area contributed by atoms with Gasteiger partial charge in [0.25, 0.3) is 11.6 Å². The highest BCUT2D eigenvalue weighted by atomic mass is 32.1. The van der Waals surface area contributed by atoms with Crippen LogP contribution in [-0.4, -0.2) is 32.1 Å². The van der Waals surface area contributed by atoms with E-state index >= 15 is 0 Å². The van der Waals surface area contributed by atoms with Crippen LogP contribution in [0.25, 0.3) is 16.3 Å². The molecule has 4 aromatic rings. The topological polar surface area (TPSA) is 103 Å². The lowest BCUT2D eigenvalue weighted by Crippen LogP contribution is -2.28. The summed E-state index contributed by atoms with van der Waals surface area (Å²) in [7, 11) is 0. The largest absolute Gasteiger partial charge is 0.350 e. The monoisotopic (exact) mass is 419 g/mol. The van der Waals surface area contributed by atoms with Gasteiger partial charge in [0.1, 0.15) is 11.4 Å². The zero-order valence-corrected chi connectivity index (χ0v) is 16.6. The molecule has 30 heavy (non-hydrogen) atoms. The number of carbonyl (C=O) groups excluding carboxylic acids is 1. The van der Waals surface area contributed by atoms with E-state index in [4.69, 9.17) is 0 Å². The van der Waals surface area contributed by atoms with Crippen molar-refractivity contribution in [1.82, 2.24) is 20.1 Å². The Kier molecular flexibility index (Phi) is 5.62. The molecule has 0 spiro atoms. The van der Waals surface area contributed by atoms with Crippen molar-refractivity contribution < 1.29 is 9.72 Å². The molecule has 0 aliphatic heterocycles. The second kappa shape index (κ2) is 8.66. The highest BCUT2D eigenvalue weighted by Crippen LogP contribution is 2.26. The highest BCUT2D eigenvalue weighted by Gasteiger charge is 2.19. The van der Waals surface area contributed by atoms with E-state index < -0.39 is 4.92 Å². The minimum absolute atomic E-state index is 0.0674. The van der Waals surface area contributed by atoms with Gasteiger partial charge >= 0.3 is 0 Å². The van der Waals surface area contributed by atoms with Crippen molar-refractivity contribution in [1.29, 1.82) is 0 Å². The van der Waals surface area contributed by atoms with Crippen LogP contribution < -0.4 is 5.32 Å². The van der Waals surface area contributed by atoms with Crippen LogP contribution in [0, 0.1) is 10.1 Å². The Morgan fingerprint density at radius 3 is 2.77 bits per heavy atom. The lowest BCUT2D eigenvalue weighted by molar-refractivity contribution is -0.384. The van der Waals surface area contributed by atoms with E-state index in [0.29, 0.717) is 30.0 Å². The summed E-state index contributed by atoms with van der Waals surface area (Å²) in [5.41, 5.74) is 2.19. The molecule has 0 bridgehead atoms. The van der Waals surface area contributed by atoms with Gasteiger partial charge in [-0.25, -0.2) is 4.68 Å². The van der Waals surface area contributed by atoms with Crippen molar-refractivity contribution >= 4 is 22.9 Å². The molecule has 0 aliphatic carbocycles. The molecule has 1 amide bonds. The van der Waals surface area contributed by atoms with Gasteiger partial charge in [-0.15, -0.1) is 11.3 Å². The molecule has 0 saturated carbocycles. The highest BCUT2D eigenvalue weighted by molar-refractivity contribution is 7.13. The lowest BCUT2D eigenvalue weighted by atomic mass is 10.2. The molecular weight excluding hydrogens is 402 g/mol. The average molecular weight is 419 g/mol. The molecule has 8 nitrogen and oxygen atoms in total. The maximum Gasteiger partial charge on any atom is 0.271 e. The predicted octanol–water partition coefficient (Wildman–Crippen LogP) is 3.88. The maximum atomic E-state index is 12.9. The summed E-state index contributed by atoms with van der Waals surface area (Å²) >= 11 is 1.50. The predicted molar refractivity (Wildman–Crippen MR) is 114 cm³/mol. The number of hydrogen-bond donors (Lipinski definition) is 1. The second-order valence-corrected chi connectivity index (χ2v) is 7.36. The number of rotatable bonds is 7. The summed E-state index contributed by atoms with van der Waals surface area (Å²) < 4.78 is 1.44. The van der Waals surface area contributed by atoms with E-state index in [1.807, 2.05) is 35.7 Å². The van der Waals surface area contributed by atoms with Gasteiger partial charge in [0.05, 0.1) is 15.5 Å². The Hall–Kier alpha value is -3.85. The Morgan fingerprint density at radius 2 is 2.03 bits per heavy atom. The third kappa shape index (κ3) is 4.26. The Bertz CT molecular complexity index is 1170. The molecule has 0 saturated heterocycles. The van der Waals surface area contributed by atoms with Gasteiger partial charge < -0.3 is 5.32 Å². The molecule has 0 unspecified atom stereocenters. The number of non-ortho nitro benzene ring substituents is 1. The van der Waals surface area contributed by atoms with E-state index in [0.717, 1.165) is 10.6 Å². The van der Waals surface area contributed by atoms with Gasteiger partial charge in [0.15, 0.2) is 0 Å². The van der Waals surface area contributed by atoms with Crippen LogP contribution in [-0.2, 0) is 6.42 Å². The van der Waals surface area contributed by atoms with E-state index in [9.17, 15) is 14.9 Å². The molecule has 0 atom stereocenters. The molecular formula is C21H17N5O3S. The van der Waals surface area contributed by atoms with Crippen molar-refractivity contribution in [2.45, 2.75) is 6.42 Å². The zero-order valence-electron chi connectivity index (χ0n) is 15.8. The van der Waals surface area contributed by atoms with Crippen molar-refractivity contribution in [3.8, 4) is 16.3 Å². The average Bonchev–Trinajstić information content (AvgIpc) is 3.44. The number of nitro groups is 1. The molecule has 3 heterocycles. The minimum atomic E-state index is -0.472. The first kappa shape index (κ1) is 19.5. The van der Waals surface area contributed by atoms with Crippen LogP contribution in [0.2, 0.25) is 0 Å². The summed E-state index contributed by atoms with van der Waals surface area (Å²) in [6.45, 7) is 0.407. The SMILES string of the molecule is O=C(NCCc1ccccn1)c1cc(-c2cccs2)nn1-c1cccc([N+](=O)[O-])c1. The third-order valence-corrected chi connectivity index (χ3v) is 5.29. The summed E-state index contributed by atoms with van der Waals surface area (Å²) in [5, 5.41) is 20.5. The first-order chi connectivity index (χ1) is 14.6. The normalized spacial score (nSPS) is 10.7. The van der Waals surface area contributed by atoms with Crippen molar-refractivity contribution in [2.24, 2.45) is 0 Å². The Balaban J connectivity index is 1.63. The fourth-order valence-corrected chi connectivity index (χ4v) is 3.64. The maximum absolute atomic E-state index is 12.9. The van der Waals surface area contributed by atoms with Crippen molar-refractivity contribution in [2.75, 3.05) is 6.54 Å². The lowest BCUT2D eigenvalue weighted by Gasteiger charge is -2.08. The number of thiophene rings is 1. The second-order valence-electron chi connectivity index (χ2n) is 6.41. The zero-order chi connectivity index (χ0) is 20.9. The molecule has 1 aromatic carbocycles. The van der Waals surface area contributed by atoms with E-state index in [1.54, 1.807) is 24.4 Å². The van der Waals surface area contributed by atoms with Gasteiger partial charge in [-0.1, -0.05) is 18.2 Å². The van der Waals surface area contributed by atoms with Crippen LogP contribution in [0.4, 0.5) is 5.69 Å². The fraction of sp³-hybridized carbons (Fsp3) is 0.0952. The van der Waals surface area contributed by atoms with Gasteiger partial charge in [-0.05, 0) is 35.7 Å². The molecule has 150 valence electrons. The standard InChI is InChI=1S/C21H17N5O3S/c27-21(23-11-9-15-5-1-2-10-22-15)19-14-18(20-8-4-12-30-20)24-25(19)16-6-3-7-17(13-16)26(28)29/h1-8,10,12-14H,9,11H2,(H,23,27). The number of pyridine rings is 1. The summed E-state index contributed by atoms with van der Waals surface area (Å²) in [5.74, 6) is -0.312. The molecule has 4 rings (SSSR count). The quantitative estimate of drug-likeness (QED) is 0.362. The van der Waals surface area contributed by atoms with Crippen LogP contribution in [0.1, 0.15) is 16.2 Å². The summed E-state index contributed by atoms with van der Waals surface area (Å²) in [6, 6.07) is 17.2. The van der Waals surface area contributed by atoms with Crippen LogP contribution in [0.15, 0.2) is 72.2 Å². The summed E-state index contributed by atoms with van der Waals surface area (Å²) in [4.78, 5) is 28.7. The van der Waals surface area contributed by atoms with Crippen LogP contribution in [0.3, 0.4) is 0 Å². The van der Waals surface area contributed by atoms with Crippen LogP contribution in [0.5, 0.6) is 0 Å². The summed E-state index contributed by atoms with van der Waals surface area (Å²) in [6.07, 6.45) is 2.30. The minimum Gasteiger partial charge on any atom is -0.350 e. The van der Waals surface area contributed by atoms with E-state index in [-0.39, 0.29) is 11.6 Å². The number of aromatic nitrogens is 3. The van der Waals surface area contributed by atoms with Crippen LogP contribution >= 0.6 is 11.3 Å². The van der Waals surface area contributed by atoms with Gasteiger partial charge in [-0.2, -0.15) is 5.10 Å². The number of hydrogen-bond acceptors (Lipinski definition) is 6. The Labute approximate surface area is 176 Å². The van der Waals surface area contributed by atoms with E-state index in [1.165, 1.54) is 28.2 Å². The van der Waals surface area contributed by atoms with Gasteiger partial charge in [0, 0.05) is 37.0 Å². The van der Waals surface area contributed by atoms with Crippen molar-refractivity contribution in [3.05, 3.63) is 93.7 Å². The molecule has 0 radical (unpaired) electrons. The molecule has 0 aliphatic rings. The molecule has 1 N–H and O–H groups in total. The number of nitrogens with zero attached hydrogens (tertiary/aromatic N) is 4. The molecule has 9 heteroatoms. The van der Waals surface area contributed by atoms with Crippen molar-refractivity contribution in [3.63, 3.8) is 0 Å². The Morgan fingerprint density at radius 1 is 1.13 bits per heavy atom. The van der Waals surface area contributed by atoms with Gasteiger partial charge in [0.2, 0.25) is 0 Å². The number of nitro benzene ring substituents is 1. The first-order valence-corrected chi connectivity index (χ1v) is 10.1. The first-order valence-electron chi connectivity index (χ1n) is 9.19. The third-order valence-electron chi connectivity index (χ3n) is 4.39. The van der Waals surface area contributed by atoms with Gasteiger partial charge in [-0.3, -0.25) is 19.9 Å². The molecule has 0 fully saturated rings. The number of carbonyl (C=O) groups is 1.